The van der Waals surface area contributed by atoms with Crippen LogP contribution in [-0.4, -0.2) is 11.7 Å². The predicted octanol–water partition coefficient (Wildman–Crippen LogP) is 3.33. The van der Waals surface area contributed by atoms with Gasteiger partial charge in [0.25, 0.3) is 0 Å². The molecule has 2 nitrogen and oxygen atoms in total. The minimum absolute atomic E-state index is 0.178. The molecular formula is C12H18O2. The highest BCUT2D eigenvalue weighted by Crippen LogP contribution is 2.29. The van der Waals surface area contributed by atoms with Crippen molar-refractivity contribution in [2.24, 2.45) is 5.92 Å². The minimum atomic E-state index is 0.178. The molecule has 0 unspecified atom stereocenters. The fourth-order valence-electron chi connectivity index (χ4n) is 1.02. The van der Waals surface area contributed by atoms with Crippen LogP contribution < -0.4 is 0 Å². The van der Waals surface area contributed by atoms with Crippen LogP contribution in [-0.2, 0) is 4.74 Å². The van der Waals surface area contributed by atoms with E-state index in [9.17, 15) is 5.11 Å². The summed E-state index contributed by atoms with van der Waals surface area (Å²) < 4.78 is 5.56. The van der Waals surface area contributed by atoms with Crippen molar-refractivity contribution in [2.75, 3.05) is 6.61 Å². The maximum absolute atomic E-state index is 9.22. The summed E-state index contributed by atoms with van der Waals surface area (Å²) in [5, 5.41) is 9.22. The molecule has 1 rings (SSSR count). The Morgan fingerprint density at radius 2 is 2.14 bits per heavy atom. The molecule has 0 amide bonds. The SMILES string of the molecule is C=C/C(O)=C\C(C)=C(/C)OCC1CC1. The third-order valence-electron chi connectivity index (χ3n) is 2.36. The summed E-state index contributed by atoms with van der Waals surface area (Å²) in [7, 11) is 0. The summed E-state index contributed by atoms with van der Waals surface area (Å²) in [4.78, 5) is 0. The Balaban J connectivity index is 2.47. The van der Waals surface area contributed by atoms with Gasteiger partial charge in [-0.25, -0.2) is 0 Å². The van der Waals surface area contributed by atoms with Crippen LogP contribution in [0.3, 0.4) is 0 Å². The smallest absolute Gasteiger partial charge is 0.115 e. The van der Waals surface area contributed by atoms with Crippen molar-refractivity contribution in [1.29, 1.82) is 0 Å². The first-order valence-electron chi connectivity index (χ1n) is 4.97. The number of hydrogen-bond donors (Lipinski definition) is 1. The van der Waals surface area contributed by atoms with Crippen molar-refractivity contribution < 1.29 is 9.84 Å². The van der Waals surface area contributed by atoms with Crippen molar-refractivity contribution in [3.8, 4) is 0 Å². The van der Waals surface area contributed by atoms with Crippen LogP contribution in [0.4, 0.5) is 0 Å². The Kier molecular flexibility index (Phi) is 3.81. The lowest BCUT2D eigenvalue weighted by atomic mass is 10.2. The summed E-state index contributed by atoms with van der Waals surface area (Å²) >= 11 is 0. The second kappa shape index (κ2) is 4.89. The number of hydrogen-bond acceptors (Lipinski definition) is 2. The Labute approximate surface area is 85.6 Å². The van der Waals surface area contributed by atoms with E-state index in [4.69, 9.17) is 4.74 Å². The summed E-state index contributed by atoms with van der Waals surface area (Å²) in [6, 6.07) is 0. The zero-order valence-electron chi connectivity index (χ0n) is 8.92. The van der Waals surface area contributed by atoms with Crippen LogP contribution in [0.15, 0.2) is 35.8 Å². The lowest BCUT2D eigenvalue weighted by molar-refractivity contribution is 0.198. The molecular weight excluding hydrogens is 176 g/mol. The Morgan fingerprint density at radius 3 is 2.64 bits per heavy atom. The van der Waals surface area contributed by atoms with Crippen molar-refractivity contribution in [1.82, 2.24) is 0 Å². The van der Waals surface area contributed by atoms with E-state index < -0.39 is 0 Å². The highest BCUT2D eigenvalue weighted by Gasteiger charge is 2.21. The highest BCUT2D eigenvalue weighted by molar-refractivity contribution is 5.25. The van der Waals surface area contributed by atoms with E-state index in [0.29, 0.717) is 0 Å². The normalized spacial score (nSPS) is 18.9. The molecule has 1 saturated carbocycles. The largest absolute Gasteiger partial charge is 0.508 e. The zero-order chi connectivity index (χ0) is 10.6. The molecule has 0 saturated heterocycles. The van der Waals surface area contributed by atoms with E-state index in [2.05, 4.69) is 6.58 Å². The van der Waals surface area contributed by atoms with Gasteiger partial charge in [0.2, 0.25) is 0 Å². The van der Waals surface area contributed by atoms with Gasteiger partial charge in [0.1, 0.15) is 5.76 Å². The van der Waals surface area contributed by atoms with Crippen LogP contribution in [0.25, 0.3) is 0 Å². The highest BCUT2D eigenvalue weighted by atomic mass is 16.5. The lowest BCUT2D eigenvalue weighted by Gasteiger charge is -2.07. The molecule has 1 N–H and O–H groups in total. The molecule has 14 heavy (non-hydrogen) atoms. The van der Waals surface area contributed by atoms with Crippen molar-refractivity contribution in [3.05, 3.63) is 35.8 Å². The minimum Gasteiger partial charge on any atom is -0.508 e. The molecule has 0 bridgehead atoms. The Hall–Kier alpha value is -1.18. The second-order valence-corrected chi connectivity index (χ2v) is 3.77. The summed E-state index contributed by atoms with van der Waals surface area (Å²) in [5.74, 6) is 1.82. The molecule has 0 heterocycles. The summed E-state index contributed by atoms with van der Waals surface area (Å²) in [6.45, 7) is 8.13. The zero-order valence-corrected chi connectivity index (χ0v) is 8.92. The van der Waals surface area contributed by atoms with E-state index in [1.54, 1.807) is 6.08 Å². The molecule has 1 aliphatic carbocycles. The predicted molar refractivity (Wildman–Crippen MR) is 58.0 cm³/mol. The summed E-state index contributed by atoms with van der Waals surface area (Å²) in [6.07, 6.45) is 5.66. The van der Waals surface area contributed by atoms with Crippen LogP contribution in [0.1, 0.15) is 26.7 Å². The Bertz CT molecular complexity index is 270. The monoisotopic (exact) mass is 194 g/mol. The first-order chi connectivity index (χ1) is 6.63. The van der Waals surface area contributed by atoms with Gasteiger partial charge < -0.3 is 9.84 Å². The van der Waals surface area contributed by atoms with Gasteiger partial charge in [0.15, 0.2) is 0 Å². The first-order valence-corrected chi connectivity index (χ1v) is 4.97. The van der Waals surface area contributed by atoms with Crippen LogP contribution >= 0.6 is 0 Å². The second-order valence-electron chi connectivity index (χ2n) is 3.77. The molecule has 1 fully saturated rings. The van der Waals surface area contributed by atoms with Gasteiger partial charge >= 0.3 is 0 Å². The number of aliphatic hydroxyl groups is 1. The van der Waals surface area contributed by atoms with Gasteiger partial charge in [0, 0.05) is 0 Å². The third kappa shape index (κ3) is 3.69. The molecule has 0 aromatic carbocycles. The maximum Gasteiger partial charge on any atom is 0.115 e. The van der Waals surface area contributed by atoms with E-state index in [1.807, 2.05) is 13.8 Å². The standard InChI is InChI=1S/C12H18O2/c1-4-12(13)7-9(2)10(3)14-8-11-5-6-11/h4,7,11,13H,1,5-6,8H2,2-3H3/b10-9+,12-7+. The third-order valence-corrected chi connectivity index (χ3v) is 2.36. The van der Waals surface area contributed by atoms with Crippen molar-refractivity contribution in [3.63, 3.8) is 0 Å². The molecule has 1 aliphatic rings. The molecule has 0 spiro atoms. The average Bonchev–Trinajstić information content (AvgIpc) is 2.97. The maximum atomic E-state index is 9.22. The van der Waals surface area contributed by atoms with Crippen LogP contribution in [0.2, 0.25) is 0 Å². The van der Waals surface area contributed by atoms with E-state index >= 15 is 0 Å². The fraction of sp³-hybridized carbons (Fsp3) is 0.500. The number of allylic oxidation sites excluding steroid dienone is 4. The molecule has 0 atom stereocenters. The summed E-state index contributed by atoms with van der Waals surface area (Å²) in [5.41, 5.74) is 0.947. The molecule has 0 radical (unpaired) electrons. The van der Waals surface area contributed by atoms with Gasteiger partial charge in [0.05, 0.1) is 12.4 Å². The first kappa shape index (κ1) is 10.9. The van der Waals surface area contributed by atoms with Crippen LogP contribution in [0.5, 0.6) is 0 Å². The quantitative estimate of drug-likeness (QED) is 0.537. The lowest BCUT2D eigenvalue weighted by Crippen LogP contribution is -1.95. The topological polar surface area (TPSA) is 29.5 Å². The van der Waals surface area contributed by atoms with Gasteiger partial charge in [-0.2, -0.15) is 0 Å². The van der Waals surface area contributed by atoms with E-state index in [0.717, 1.165) is 23.9 Å². The number of ether oxygens (including phenoxy) is 1. The van der Waals surface area contributed by atoms with Crippen LogP contribution in [0, 0.1) is 5.92 Å². The average molecular weight is 194 g/mol. The van der Waals surface area contributed by atoms with Crippen molar-refractivity contribution >= 4 is 0 Å². The fourth-order valence-corrected chi connectivity index (χ4v) is 1.02. The van der Waals surface area contributed by atoms with Gasteiger partial charge in [-0.15, -0.1) is 0 Å². The van der Waals surface area contributed by atoms with E-state index in [-0.39, 0.29) is 5.76 Å². The molecule has 0 aliphatic heterocycles. The molecule has 0 aromatic rings. The van der Waals surface area contributed by atoms with Gasteiger partial charge in [-0.1, -0.05) is 6.58 Å². The van der Waals surface area contributed by atoms with Gasteiger partial charge in [-0.05, 0) is 50.3 Å². The van der Waals surface area contributed by atoms with Gasteiger partial charge in [-0.3, -0.25) is 0 Å². The van der Waals surface area contributed by atoms with Crippen molar-refractivity contribution in [2.45, 2.75) is 26.7 Å². The van der Waals surface area contributed by atoms with E-state index in [1.165, 1.54) is 18.9 Å². The Morgan fingerprint density at radius 1 is 1.50 bits per heavy atom. The molecule has 2 heteroatoms. The molecule has 78 valence electrons. The number of rotatable bonds is 5. The molecule has 0 aromatic heterocycles. The number of aliphatic hydroxyl groups excluding tert-OH is 1.